The van der Waals surface area contributed by atoms with Gasteiger partial charge < -0.3 is 9.50 Å². The van der Waals surface area contributed by atoms with Crippen LogP contribution in [0.15, 0.2) is 48.5 Å². The number of benzene rings is 2. The third-order valence-corrected chi connectivity index (χ3v) is 3.62. The van der Waals surface area contributed by atoms with Gasteiger partial charge in [-0.3, -0.25) is 0 Å². The van der Waals surface area contributed by atoms with Gasteiger partial charge in [0.2, 0.25) is 0 Å². The molecule has 0 aromatic heterocycles. The highest BCUT2D eigenvalue weighted by molar-refractivity contribution is 7.88. The second kappa shape index (κ2) is 4.47. The summed E-state index contributed by atoms with van der Waals surface area (Å²) in [4.78, 5) is 0. The lowest BCUT2D eigenvalue weighted by molar-refractivity contribution is 0.503. The SMILES string of the molecule is O=S1(=O)Nc2ccc(NCc3ccccc3)cc2O1. The average molecular weight is 276 g/mol. The van der Waals surface area contributed by atoms with E-state index in [1.165, 1.54) is 0 Å². The summed E-state index contributed by atoms with van der Waals surface area (Å²) in [5.41, 5.74) is 2.42. The van der Waals surface area contributed by atoms with Gasteiger partial charge in [-0.1, -0.05) is 30.3 Å². The zero-order valence-electron chi connectivity index (χ0n) is 9.96. The second-order valence-corrected chi connectivity index (χ2v) is 5.47. The van der Waals surface area contributed by atoms with Gasteiger partial charge in [-0.05, 0) is 17.7 Å². The maximum atomic E-state index is 11.2. The Labute approximate surface area is 111 Å². The van der Waals surface area contributed by atoms with Crippen LogP contribution in [0.3, 0.4) is 0 Å². The van der Waals surface area contributed by atoms with E-state index in [9.17, 15) is 8.42 Å². The van der Waals surface area contributed by atoms with Crippen molar-refractivity contribution in [1.82, 2.24) is 0 Å². The first kappa shape index (κ1) is 11.9. The Morgan fingerprint density at radius 3 is 2.68 bits per heavy atom. The molecule has 2 aromatic rings. The molecule has 0 atom stereocenters. The Morgan fingerprint density at radius 1 is 1.11 bits per heavy atom. The zero-order chi connectivity index (χ0) is 13.3. The van der Waals surface area contributed by atoms with Crippen LogP contribution in [0.5, 0.6) is 5.75 Å². The molecule has 0 radical (unpaired) electrons. The highest BCUT2D eigenvalue weighted by Gasteiger charge is 2.24. The standard InChI is InChI=1S/C13H12N2O3S/c16-19(17)15-12-7-6-11(8-13(12)18-19)14-9-10-4-2-1-3-5-10/h1-8,14-15H,9H2. The fourth-order valence-corrected chi connectivity index (χ4v) is 2.71. The molecule has 5 nitrogen and oxygen atoms in total. The zero-order valence-corrected chi connectivity index (χ0v) is 10.8. The van der Waals surface area contributed by atoms with Crippen molar-refractivity contribution >= 4 is 21.7 Å². The van der Waals surface area contributed by atoms with Gasteiger partial charge >= 0.3 is 10.3 Å². The molecule has 98 valence electrons. The highest BCUT2D eigenvalue weighted by Crippen LogP contribution is 2.34. The number of rotatable bonds is 3. The van der Waals surface area contributed by atoms with Gasteiger partial charge in [0, 0.05) is 18.3 Å². The van der Waals surface area contributed by atoms with E-state index < -0.39 is 10.3 Å². The molecule has 2 aromatic carbocycles. The fraction of sp³-hybridized carbons (Fsp3) is 0.0769. The van der Waals surface area contributed by atoms with Gasteiger partial charge in [-0.25, -0.2) is 4.72 Å². The summed E-state index contributed by atoms with van der Waals surface area (Å²) < 4.78 is 29.6. The summed E-state index contributed by atoms with van der Waals surface area (Å²) in [6.07, 6.45) is 0. The summed E-state index contributed by atoms with van der Waals surface area (Å²) in [6, 6.07) is 15.1. The molecular weight excluding hydrogens is 264 g/mol. The van der Waals surface area contributed by atoms with Gasteiger partial charge in [-0.15, -0.1) is 0 Å². The van der Waals surface area contributed by atoms with Crippen LogP contribution in [0.2, 0.25) is 0 Å². The van der Waals surface area contributed by atoms with Crippen molar-refractivity contribution in [2.24, 2.45) is 0 Å². The molecule has 0 amide bonds. The Morgan fingerprint density at radius 2 is 1.89 bits per heavy atom. The molecule has 1 aliphatic heterocycles. The van der Waals surface area contributed by atoms with Crippen LogP contribution in [-0.2, 0) is 16.8 Å². The van der Waals surface area contributed by atoms with E-state index in [4.69, 9.17) is 4.18 Å². The maximum absolute atomic E-state index is 11.2. The van der Waals surface area contributed by atoms with Crippen LogP contribution in [0, 0.1) is 0 Å². The van der Waals surface area contributed by atoms with E-state index in [0.29, 0.717) is 18.0 Å². The summed E-state index contributed by atoms with van der Waals surface area (Å²) in [7, 11) is -3.67. The number of fused-ring (bicyclic) bond motifs is 1. The number of nitrogens with one attached hydrogen (secondary N) is 2. The van der Waals surface area contributed by atoms with Crippen molar-refractivity contribution in [2.75, 3.05) is 10.0 Å². The average Bonchev–Trinajstić information content (AvgIpc) is 2.70. The minimum absolute atomic E-state index is 0.318. The van der Waals surface area contributed by atoms with E-state index in [1.807, 2.05) is 30.3 Å². The molecule has 0 spiro atoms. The topological polar surface area (TPSA) is 67.4 Å². The lowest BCUT2D eigenvalue weighted by atomic mass is 10.2. The van der Waals surface area contributed by atoms with E-state index in [1.54, 1.807) is 18.2 Å². The summed E-state index contributed by atoms with van der Waals surface area (Å²) in [5, 5.41) is 3.22. The molecule has 1 heterocycles. The van der Waals surface area contributed by atoms with Gasteiger partial charge in [0.05, 0.1) is 5.69 Å². The molecule has 0 saturated heterocycles. The Balaban J connectivity index is 1.74. The molecule has 0 aliphatic carbocycles. The second-order valence-electron chi connectivity index (χ2n) is 4.19. The molecule has 0 unspecified atom stereocenters. The van der Waals surface area contributed by atoms with Crippen molar-refractivity contribution in [3.8, 4) is 5.75 Å². The number of anilines is 2. The molecule has 3 rings (SSSR count). The van der Waals surface area contributed by atoms with Crippen molar-refractivity contribution in [1.29, 1.82) is 0 Å². The van der Waals surface area contributed by atoms with Crippen LogP contribution in [0.25, 0.3) is 0 Å². The first-order valence-corrected chi connectivity index (χ1v) is 7.17. The number of hydrogen-bond donors (Lipinski definition) is 2. The molecule has 0 fully saturated rings. The highest BCUT2D eigenvalue weighted by atomic mass is 32.2. The summed E-state index contributed by atoms with van der Waals surface area (Å²) in [6.45, 7) is 0.666. The van der Waals surface area contributed by atoms with Gasteiger partial charge in [0.25, 0.3) is 0 Å². The fourth-order valence-electron chi connectivity index (χ4n) is 1.86. The minimum atomic E-state index is -3.67. The van der Waals surface area contributed by atoms with Crippen LogP contribution in [-0.4, -0.2) is 8.42 Å². The molecule has 2 N–H and O–H groups in total. The Kier molecular flexibility index (Phi) is 2.79. The molecule has 0 saturated carbocycles. The van der Waals surface area contributed by atoms with Gasteiger partial charge in [0.1, 0.15) is 0 Å². The van der Waals surface area contributed by atoms with E-state index in [2.05, 4.69) is 10.0 Å². The van der Waals surface area contributed by atoms with Crippen LogP contribution in [0.1, 0.15) is 5.56 Å². The van der Waals surface area contributed by atoms with E-state index >= 15 is 0 Å². The van der Waals surface area contributed by atoms with E-state index in [-0.39, 0.29) is 0 Å². The van der Waals surface area contributed by atoms with Gasteiger partial charge in [0.15, 0.2) is 5.75 Å². The first-order chi connectivity index (χ1) is 9.12. The minimum Gasteiger partial charge on any atom is -0.381 e. The maximum Gasteiger partial charge on any atom is 0.407 e. The third kappa shape index (κ3) is 2.63. The number of hydrogen-bond acceptors (Lipinski definition) is 4. The van der Waals surface area contributed by atoms with Crippen LogP contribution < -0.4 is 14.2 Å². The van der Waals surface area contributed by atoms with Crippen molar-refractivity contribution in [3.05, 3.63) is 54.1 Å². The predicted octanol–water partition coefficient (Wildman–Crippen LogP) is 2.35. The van der Waals surface area contributed by atoms with Crippen molar-refractivity contribution in [3.63, 3.8) is 0 Å². The van der Waals surface area contributed by atoms with Crippen LogP contribution in [0.4, 0.5) is 11.4 Å². The Hall–Kier alpha value is -2.21. The quantitative estimate of drug-likeness (QED) is 0.903. The summed E-state index contributed by atoms with van der Waals surface area (Å²) in [5.74, 6) is 0.318. The summed E-state index contributed by atoms with van der Waals surface area (Å²) >= 11 is 0. The first-order valence-electron chi connectivity index (χ1n) is 5.76. The van der Waals surface area contributed by atoms with Crippen molar-refractivity contribution < 1.29 is 12.6 Å². The molecular formula is C13H12N2O3S. The van der Waals surface area contributed by atoms with Crippen LogP contribution >= 0.6 is 0 Å². The van der Waals surface area contributed by atoms with Crippen molar-refractivity contribution in [2.45, 2.75) is 6.54 Å². The molecule has 6 heteroatoms. The largest absolute Gasteiger partial charge is 0.407 e. The lowest BCUT2D eigenvalue weighted by Gasteiger charge is -2.07. The lowest BCUT2D eigenvalue weighted by Crippen LogP contribution is -2.10. The molecule has 0 bridgehead atoms. The normalized spacial score (nSPS) is 15.2. The third-order valence-electron chi connectivity index (χ3n) is 2.76. The molecule has 19 heavy (non-hydrogen) atoms. The monoisotopic (exact) mass is 276 g/mol. The smallest absolute Gasteiger partial charge is 0.381 e. The molecule has 1 aliphatic rings. The van der Waals surface area contributed by atoms with Gasteiger partial charge in [-0.2, -0.15) is 8.42 Å². The van der Waals surface area contributed by atoms with E-state index in [0.717, 1.165) is 11.3 Å². The Bertz CT molecular complexity index is 699. The predicted molar refractivity (Wildman–Crippen MR) is 73.4 cm³/mol.